The van der Waals surface area contributed by atoms with Crippen LogP contribution in [0.4, 0.5) is 4.79 Å². The highest BCUT2D eigenvalue weighted by molar-refractivity contribution is 5.87. The molecule has 7 nitrogen and oxygen atoms in total. The van der Waals surface area contributed by atoms with Crippen LogP contribution < -0.4 is 0 Å². The Labute approximate surface area is 205 Å². The van der Waals surface area contributed by atoms with E-state index < -0.39 is 11.7 Å². The van der Waals surface area contributed by atoms with Crippen molar-refractivity contribution < 1.29 is 9.53 Å². The molecule has 1 aliphatic rings. The number of para-hydroxylation sites is 2. The number of imidazole rings is 1. The van der Waals surface area contributed by atoms with Gasteiger partial charge in [0.05, 0.1) is 35.0 Å². The Balaban J connectivity index is 1.57. The minimum atomic E-state index is -0.612. The van der Waals surface area contributed by atoms with Crippen molar-refractivity contribution in [3.8, 4) is 0 Å². The third kappa shape index (κ3) is 5.10. The van der Waals surface area contributed by atoms with E-state index in [4.69, 9.17) is 14.7 Å². The molecule has 35 heavy (non-hydrogen) atoms. The Morgan fingerprint density at radius 3 is 2.63 bits per heavy atom. The minimum Gasteiger partial charge on any atom is -0.443 e. The molecule has 0 spiro atoms. The number of hydrogen-bond donors (Lipinski definition) is 0. The molecule has 0 saturated heterocycles. The summed E-state index contributed by atoms with van der Waals surface area (Å²) >= 11 is 0. The molecule has 0 saturated carbocycles. The van der Waals surface area contributed by atoms with Crippen molar-refractivity contribution in [3.63, 3.8) is 0 Å². The SMILES string of the molecule is CC(C)(C)OC(=O)n1c(CN(Cc2ccccn2)C2CCCc3cccnc32)nc2ccccc21. The Bertz CT molecular complexity index is 1330. The molecule has 3 heterocycles. The molecule has 7 heteroatoms. The average Bonchev–Trinajstić information content (AvgIpc) is 3.21. The fraction of sp³-hybridized carbons (Fsp3) is 0.357. The molecule has 1 unspecified atom stereocenters. The number of aromatic nitrogens is 4. The zero-order valence-corrected chi connectivity index (χ0v) is 20.5. The van der Waals surface area contributed by atoms with E-state index >= 15 is 0 Å². The fourth-order valence-corrected chi connectivity index (χ4v) is 4.79. The average molecular weight is 470 g/mol. The van der Waals surface area contributed by atoms with Gasteiger partial charge < -0.3 is 4.74 Å². The van der Waals surface area contributed by atoms with Gasteiger partial charge in [-0.05, 0) is 75.9 Å². The van der Waals surface area contributed by atoms with Crippen molar-refractivity contribution in [1.29, 1.82) is 0 Å². The number of benzene rings is 1. The second-order valence-electron chi connectivity index (χ2n) is 10.0. The lowest BCUT2D eigenvalue weighted by Crippen LogP contribution is -2.34. The number of aryl methyl sites for hydroxylation is 1. The number of fused-ring (bicyclic) bond motifs is 2. The van der Waals surface area contributed by atoms with E-state index in [1.54, 1.807) is 4.57 Å². The van der Waals surface area contributed by atoms with Crippen molar-refractivity contribution >= 4 is 17.1 Å². The molecule has 0 amide bonds. The van der Waals surface area contributed by atoms with Crippen LogP contribution in [-0.2, 0) is 24.2 Å². The van der Waals surface area contributed by atoms with Gasteiger partial charge in [-0.2, -0.15) is 0 Å². The van der Waals surface area contributed by atoms with Gasteiger partial charge in [-0.25, -0.2) is 14.3 Å². The first kappa shape index (κ1) is 23.2. The normalized spacial score (nSPS) is 15.8. The van der Waals surface area contributed by atoms with Crippen molar-refractivity contribution in [2.24, 2.45) is 0 Å². The third-order valence-corrected chi connectivity index (χ3v) is 6.25. The predicted molar refractivity (Wildman–Crippen MR) is 135 cm³/mol. The van der Waals surface area contributed by atoms with Crippen LogP contribution in [-0.4, -0.2) is 36.1 Å². The van der Waals surface area contributed by atoms with Gasteiger partial charge in [0.15, 0.2) is 0 Å². The van der Waals surface area contributed by atoms with Crippen molar-refractivity contribution in [2.45, 2.75) is 64.8 Å². The fourth-order valence-electron chi connectivity index (χ4n) is 4.79. The summed E-state index contributed by atoms with van der Waals surface area (Å²) in [5.74, 6) is 0.652. The monoisotopic (exact) mass is 469 g/mol. The van der Waals surface area contributed by atoms with Gasteiger partial charge in [0.2, 0.25) is 0 Å². The Morgan fingerprint density at radius 2 is 1.83 bits per heavy atom. The Hall–Kier alpha value is -3.58. The molecule has 1 aliphatic carbocycles. The molecule has 4 aromatic rings. The Kier molecular flexibility index (Phi) is 6.34. The molecule has 1 aromatic carbocycles. The molecule has 0 radical (unpaired) electrons. The highest BCUT2D eigenvalue weighted by atomic mass is 16.6. The number of ether oxygens (including phenoxy) is 1. The number of hydrogen-bond acceptors (Lipinski definition) is 6. The lowest BCUT2D eigenvalue weighted by atomic mass is 9.90. The second-order valence-corrected chi connectivity index (χ2v) is 10.0. The van der Waals surface area contributed by atoms with E-state index in [0.29, 0.717) is 18.9 Å². The Morgan fingerprint density at radius 1 is 1.03 bits per heavy atom. The van der Waals surface area contributed by atoms with Crippen LogP contribution in [0.3, 0.4) is 0 Å². The van der Waals surface area contributed by atoms with Crippen LogP contribution in [0.15, 0.2) is 67.0 Å². The number of pyridine rings is 2. The van der Waals surface area contributed by atoms with Gasteiger partial charge >= 0.3 is 6.09 Å². The maximum atomic E-state index is 13.3. The summed E-state index contributed by atoms with van der Waals surface area (Å²) < 4.78 is 7.39. The summed E-state index contributed by atoms with van der Waals surface area (Å²) in [6.45, 7) is 6.72. The summed E-state index contributed by atoms with van der Waals surface area (Å²) in [5.41, 5.74) is 4.27. The van der Waals surface area contributed by atoms with E-state index in [-0.39, 0.29) is 6.04 Å². The molecular formula is C28H31N5O2. The summed E-state index contributed by atoms with van der Waals surface area (Å²) in [7, 11) is 0. The molecule has 0 fully saturated rings. The molecule has 0 N–H and O–H groups in total. The van der Waals surface area contributed by atoms with Gasteiger partial charge in [0, 0.05) is 18.9 Å². The molecule has 3 aromatic heterocycles. The summed E-state index contributed by atoms with van der Waals surface area (Å²) in [4.78, 5) is 29.9. The lowest BCUT2D eigenvalue weighted by Gasteiger charge is -2.34. The topological polar surface area (TPSA) is 73.1 Å². The number of carbonyl (C=O) groups excluding carboxylic acids is 1. The lowest BCUT2D eigenvalue weighted by molar-refractivity contribution is 0.0530. The molecular weight excluding hydrogens is 438 g/mol. The van der Waals surface area contributed by atoms with E-state index in [1.165, 1.54) is 5.56 Å². The second kappa shape index (κ2) is 9.58. The third-order valence-electron chi connectivity index (χ3n) is 6.25. The van der Waals surface area contributed by atoms with Crippen LogP contribution in [0.1, 0.15) is 62.4 Å². The quantitative estimate of drug-likeness (QED) is 0.374. The molecule has 5 rings (SSSR count). The molecule has 0 bridgehead atoms. The van der Waals surface area contributed by atoms with Gasteiger partial charge in [-0.15, -0.1) is 0 Å². The first-order valence-electron chi connectivity index (χ1n) is 12.2. The molecule has 180 valence electrons. The van der Waals surface area contributed by atoms with Gasteiger partial charge in [0.25, 0.3) is 0 Å². The van der Waals surface area contributed by atoms with Gasteiger partial charge in [0.1, 0.15) is 11.4 Å². The maximum Gasteiger partial charge on any atom is 0.420 e. The summed E-state index contributed by atoms with van der Waals surface area (Å²) in [6, 6.07) is 17.9. The van der Waals surface area contributed by atoms with E-state index in [9.17, 15) is 4.79 Å². The van der Waals surface area contributed by atoms with Crippen molar-refractivity contribution in [3.05, 3.63) is 89.8 Å². The smallest absolute Gasteiger partial charge is 0.420 e. The van der Waals surface area contributed by atoms with E-state index in [1.807, 2.05) is 81.7 Å². The first-order valence-corrected chi connectivity index (χ1v) is 12.2. The van der Waals surface area contributed by atoms with E-state index in [0.717, 1.165) is 41.7 Å². The van der Waals surface area contributed by atoms with E-state index in [2.05, 4.69) is 16.0 Å². The summed E-state index contributed by atoms with van der Waals surface area (Å²) in [6.07, 6.45) is 6.38. The number of nitrogens with zero attached hydrogens (tertiary/aromatic N) is 5. The van der Waals surface area contributed by atoms with Gasteiger partial charge in [-0.1, -0.05) is 24.3 Å². The first-order chi connectivity index (χ1) is 16.9. The number of rotatable bonds is 5. The van der Waals surface area contributed by atoms with Crippen LogP contribution in [0, 0.1) is 0 Å². The standard InChI is InChI=1S/C28H31N5O2/c1-28(2,3)35-27(34)33-23-14-5-4-13-22(23)31-25(33)19-32(18-21-12-6-7-16-29-21)24-15-8-10-20-11-9-17-30-26(20)24/h4-7,9,11-14,16-17,24H,8,10,15,18-19H2,1-3H3. The maximum absolute atomic E-state index is 13.3. The van der Waals surface area contributed by atoms with Crippen molar-refractivity contribution in [1.82, 2.24) is 24.4 Å². The summed E-state index contributed by atoms with van der Waals surface area (Å²) in [5, 5.41) is 0. The highest BCUT2D eigenvalue weighted by Crippen LogP contribution is 2.35. The molecule has 1 atom stereocenters. The van der Waals surface area contributed by atoms with Crippen LogP contribution in [0.2, 0.25) is 0 Å². The van der Waals surface area contributed by atoms with Crippen LogP contribution >= 0.6 is 0 Å². The van der Waals surface area contributed by atoms with Crippen molar-refractivity contribution in [2.75, 3.05) is 0 Å². The van der Waals surface area contributed by atoms with Gasteiger partial charge in [-0.3, -0.25) is 14.9 Å². The largest absolute Gasteiger partial charge is 0.443 e. The van der Waals surface area contributed by atoms with Crippen LogP contribution in [0.25, 0.3) is 11.0 Å². The highest BCUT2D eigenvalue weighted by Gasteiger charge is 2.30. The van der Waals surface area contributed by atoms with Crippen LogP contribution in [0.5, 0.6) is 0 Å². The zero-order valence-electron chi connectivity index (χ0n) is 20.5. The predicted octanol–water partition coefficient (Wildman–Crippen LogP) is 5.69. The molecule has 0 aliphatic heterocycles. The minimum absolute atomic E-state index is 0.105. The number of carbonyl (C=O) groups is 1. The zero-order chi connectivity index (χ0) is 24.4.